The first-order valence-electron chi connectivity index (χ1n) is 21.5. The first kappa shape index (κ1) is 44.5. The van der Waals surface area contributed by atoms with Gasteiger partial charge in [0.05, 0.1) is 18.6 Å². The minimum atomic E-state index is -0.849. The molecule has 4 atom stereocenters. The second-order valence-corrected chi connectivity index (χ2v) is 16.8. The molecular weight excluding hydrogens is 697 g/mol. The van der Waals surface area contributed by atoms with Crippen LogP contribution in [0.3, 0.4) is 0 Å². The van der Waals surface area contributed by atoms with Crippen LogP contribution < -0.4 is 20.7 Å². The van der Waals surface area contributed by atoms with E-state index in [2.05, 4.69) is 35.0 Å². The SMILES string of the molecule is CCCCCCCCCCCCCCc1cccc(O[C@H]2C[C@@H](C(=O)NC(c3ccccc3)c3ccccc3)N(C(=O)[C@@H](NC(=O)[C@H](C)NC)C(C)(C)C)C2)c1. The van der Waals surface area contributed by atoms with Crippen molar-refractivity contribution in [1.82, 2.24) is 20.9 Å². The molecule has 4 rings (SSSR count). The molecule has 0 aromatic heterocycles. The lowest BCUT2D eigenvalue weighted by Gasteiger charge is -2.36. The molecule has 3 amide bonds. The molecule has 0 aliphatic carbocycles. The summed E-state index contributed by atoms with van der Waals surface area (Å²) in [6.07, 6.45) is 16.8. The first-order valence-corrected chi connectivity index (χ1v) is 21.5. The van der Waals surface area contributed by atoms with Crippen molar-refractivity contribution in [3.05, 3.63) is 102 Å². The predicted octanol–water partition coefficient (Wildman–Crippen LogP) is 9.32. The van der Waals surface area contributed by atoms with Gasteiger partial charge in [0.25, 0.3) is 0 Å². The standard InChI is InChI=1S/C48H70N4O4/c1-7-8-9-10-11-12-13-14-15-16-17-20-26-37-27-25-32-40(33-37)56-41-34-42(52(35-41)47(55)44(48(3,4)5)51-45(53)36(2)49-6)46(54)50-43(38-28-21-18-22-29-38)39-30-23-19-24-31-39/h18-19,21-25,27-33,36,41-44,49H,7-17,20,26,34-35H2,1-6H3,(H,50,54)(H,51,53)/t36-,41-,42-,44+/m0/s1. The number of nitrogens with zero attached hydrogens (tertiary/aromatic N) is 1. The van der Waals surface area contributed by atoms with Crippen LogP contribution in [-0.4, -0.2) is 60.4 Å². The van der Waals surface area contributed by atoms with E-state index in [1.54, 1.807) is 18.9 Å². The highest BCUT2D eigenvalue weighted by Crippen LogP contribution is 2.30. The van der Waals surface area contributed by atoms with Crippen molar-refractivity contribution in [2.75, 3.05) is 13.6 Å². The third-order valence-electron chi connectivity index (χ3n) is 11.1. The summed E-state index contributed by atoms with van der Waals surface area (Å²) in [4.78, 5) is 43.8. The van der Waals surface area contributed by atoms with E-state index in [9.17, 15) is 14.4 Å². The molecule has 0 unspecified atom stereocenters. The number of aryl methyl sites for hydroxylation is 1. The number of hydrogen-bond acceptors (Lipinski definition) is 5. The van der Waals surface area contributed by atoms with Gasteiger partial charge in [-0.15, -0.1) is 0 Å². The second-order valence-electron chi connectivity index (χ2n) is 16.8. The van der Waals surface area contributed by atoms with Crippen LogP contribution in [0.15, 0.2) is 84.9 Å². The topological polar surface area (TPSA) is 99.8 Å². The normalized spacial score (nSPS) is 16.7. The monoisotopic (exact) mass is 767 g/mol. The molecule has 56 heavy (non-hydrogen) atoms. The minimum absolute atomic E-state index is 0.227. The maximum absolute atomic E-state index is 14.6. The van der Waals surface area contributed by atoms with Gasteiger partial charge in [0.1, 0.15) is 23.9 Å². The molecule has 8 nitrogen and oxygen atoms in total. The Morgan fingerprint density at radius 1 is 0.750 bits per heavy atom. The predicted molar refractivity (Wildman–Crippen MR) is 229 cm³/mol. The summed E-state index contributed by atoms with van der Waals surface area (Å²) >= 11 is 0. The Morgan fingerprint density at radius 3 is 1.84 bits per heavy atom. The van der Waals surface area contributed by atoms with Crippen molar-refractivity contribution < 1.29 is 19.1 Å². The molecule has 3 N–H and O–H groups in total. The van der Waals surface area contributed by atoms with E-state index in [0.29, 0.717) is 6.42 Å². The van der Waals surface area contributed by atoms with Crippen molar-refractivity contribution in [3.8, 4) is 5.75 Å². The van der Waals surface area contributed by atoms with Crippen LogP contribution in [0.1, 0.15) is 141 Å². The third-order valence-corrected chi connectivity index (χ3v) is 11.1. The zero-order chi connectivity index (χ0) is 40.3. The average molecular weight is 767 g/mol. The number of benzene rings is 3. The Labute approximate surface area is 337 Å². The number of amides is 3. The molecule has 3 aromatic rings. The van der Waals surface area contributed by atoms with Crippen molar-refractivity contribution in [2.24, 2.45) is 5.41 Å². The summed E-state index contributed by atoms with van der Waals surface area (Å²) in [7, 11) is 1.71. The molecule has 306 valence electrons. The fourth-order valence-corrected chi connectivity index (χ4v) is 7.61. The van der Waals surface area contributed by atoms with Gasteiger partial charge in [-0.3, -0.25) is 14.4 Å². The van der Waals surface area contributed by atoms with Gasteiger partial charge in [-0.1, -0.05) is 171 Å². The fourth-order valence-electron chi connectivity index (χ4n) is 7.61. The van der Waals surface area contributed by atoms with Gasteiger partial charge < -0.3 is 25.6 Å². The van der Waals surface area contributed by atoms with E-state index in [4.69, 9.17) is 4.74 Å². The number of likely N-dealkylation sites (tertiary alicyclic amines) is 1. The lowest BCUT2D eigenvalue weighted by Crippen LogP contribution is -2.59. The van der Waals surface area contributed by atoms with Crippen molar-refractivity contribution in [2.45, 2.75) is 155 Å². The fraction of sp³-hybridized carbons (Fsp3) is 0.562. The highest BCUT2D eigenvalue weighted by molar-refractivity contribution is 5.94. The van der Waals surface area contributed by atoms with Crippen LogP contribution >= 0.6 is 0 Å². The van der Waals surface area contributed by atoms with E-state index >= 15 is 0 Å². The molecule has 0 bridgehead atoms. The lowest BCUT2D eigenvalue weighted by atomic mass is 9.85. The van der Waals surface area contributed by atoms with E-state index in [0.717, 1.165) is 29.7 Å². The molecule has 1 fully saturated rings. The van der Waals surface area contributed by atoms with E-state index in [1.807, 2.05) is 93.6 Å². The molecule has 1 aliphatic heterocycles. The number of likely N-dealkylation sites (N-methyl/N-ethyl adjacent to an activating group) is 1. The number of rotatable bonds is 23. The maximum atomic E-state index is 14.6. The van der Waals surface area contributed by atoms with Gasteiger partial charge in [-0.2, -0.15) is 0 Å². The van der Waals surface area contributed by atoms with Gasteiger partial charge >= 0.3 is 0 Å². The summed E-state index contributed by atoms with van der Waals surface area (Å²) < 4.78 is 6.60. The van der Waals surface area contributed by atoms with Crippen molar-refractivity contribution >= 4 is 17.7 Å². The summed E-state index contributed by atoms with van der Waals surface area (Å²) in [5.74, 6) is -0.0793. The Balaban J connectivity index is 1.44. The molecule has 0 saturated carbocycles. The van der Waals surface area contributed by atoms with Crippen molar-refractivity contribution in [1.29, 1.82) is 0 Å². The summed E-state index contributed by atoms with van der Waals surface area (Å²) in [5.41, 5.74) is 2.51. The highest BCUT2D eigenvalue weighted by atomic mass is 16.5. The van der Waals surface area contributed by atoms with E-state index < -0.39 is 35.7 Å². The second kappa shape index (κ2) is 23.2. The molecular formula is C48H70N4O4. The van der Waals surface area contributed by atoms with E-state index in [1.165, 1.54) is 76.2 Å². The largest absolute Gasteiger partial charge is 0.488 e. The molecule has 0 radical (unpaired) electrons. The van der Waals surface area contributed by atoms with Gasteiger partial charge in [0.15, 0.2) is 0 Å². The Bertz CT molecular complexity index is 1570. The summed E-state index contributed by atoms with van der Waals surface area (Å²) in [6.45, 7) is 10.1. The molecule has 1 aliphatic rings. The van der Waals surface area contributed by atoms with Crippen LogP contribution in [-0.2, 0) is 20.8 Å². The number of carbonyl (C=O) groups excluding carboxylic acids is 3. The molecule has 0 spiro atoms. The van der Waals surface area contributed by atoms with Crippen LogP contribution in [0.25, 0.3) is 0 Å². The van der Waals surface area contributed by atoms with Crippen LogP contribution in [0, 0.1) is 5.41 Å². The smallest absolute Gasteiger partial charge is 0.246 e. The number of unbranched alkanes of at least 4 members (excludes halogenated alkanes) is 11. The number of carbonyl (C=O) groups is 3. The van der Waals surface area contributed by atoms with Gasteiger partial charge in [-0.05, 0) is 61.1 Å². The highest BCUT2D eigenvalue weighted by Gasteiger charge is 2.46. The lowest BCUT2D eigenvalue weighted by molar-refractivity contribution is -0.144. The molecule has 8 heteroatoms. The number of hydrogen-bond donors (Lipinski definition) is 3. The molecule has 3 aromatic carbocycles. The number of nitrogens with one attached hydrogen (secondary N) is 3. The third kappa shape index (κ3) is 14.1. The molecule has 1 saturated heterocycles. The minimum Gasteiger partial charge on any atom is -0.488 e. The first-order chi connectivity index (χ1) is 27.0. The summed E-state index contributed by atoms with van der Waals surface area (Å²) in [6, 6.07) is 25.5. The molecule has 1 heterocycles. The zero-order valence-corrected chi connectivity index (χ0v) is 35.2. The average Bonchev–Trinajstić information content (AvgIpc) is 3.63. The Kier molecular flexibility index (Phi) is 18.4. The van der Waals surface area contributed by atoms with E-state index in [-0.39, 0.29) is 24.3 Å². The van der Waals surface area contributed by atoms with Crippen LogP contribution in [0.4, 0.5) is 0 Å². The zero-order valence-electron chi connectivity index (χ0n) is 35.2. The van der Waals surface area contributed by atoms with Crippen LogP contribution in [0.5, 0.6) is 5.75 Å². The Morgan fingerprint density at radius 2 is 1.30 bits per heavy atom. The van der Waals surface area contributed by atoms with Gasteiger partial charge in [-0.25, -0.2) is 0 Å². The Hall–Kier alpha value is -4.17. The van der Waals surface area contributed by atoms with Gasteiger partial charge in [0, 0.05) is 6.42 Å². The number of ether oxygens (including phenoxy) is 1. The van der Waals surface area contributed by atoms with Crippen LogP contribution in [0.2, 0.25) is 0 Å². The van der Waals surface area contributed by atoms with Crippen molar-refractivity contribution in [3.63, 3.8) is 0 Å². The summed E-state index contributed by atoms with van der Waals surface area (Å²) in [5, 5.41) is 9.24. The maximum Gasteiger partial charge on any atom is 0.246 e. The van der Waals surface area contributed by atoms with Gasteiger partial charge in [0.2, 0.25) is 17.7 Å². The quantitative estimate of drug-likeness (QED) is 0.0836.